The van der Waals surface area contributed by atoms with Crippen molar-refractivity contribution in [3.8, 4) is 0 Å². The van der Waals surface area contributed by atoms with Gasteiger partial charge in [-0.15, -0.1) is 0 Å². The van der Waals surface area contributed by atoms with Crippen LogP contribution in [0.25, 0.3) is 0 Å². The van der Waals surface area contributed by atoms with Crippen LogP contribution >= 0.6 is 39.1 Å². The molecule has 0 radical (unpaired) electrons. The minimum atomic E-state index is -0.281. The third-order valence-corrected chi connectivity index (χ3v) is 4.41. The van der Waals surface area contributed by atoms with Gasteiger partial charge < -0.3 is 5.32 Å². The topological polar surface area (TPSA) is 12.0 Å². The highest BCUT2D eigenvalue weighted by atomic mass is 79.9. The van der Waals surface area contributed by atoms with Gasteiger partial charge in [0.2, 0.25) is 0 Å². The second kappa shape index (κ2) is 7.59. The molecule has 21 heavy (non-hydrogen) atoms. The van der Waals surface area contributed by atoms with Gasteiger partial charge in [0.05, 0.1) is 6.04 Å². The van der Waals surface area contributed by atoms with Gasteiger partial charge in [0, 0.05) is 14.5 Å². The Balaban J connectivity index is 2.49. The molecule has 0 aliphatic rings. The first-order valence-corrected chi connectivity index (χ1v) is 8.21. The summed E-state index contributed by atoms with van der Waals surface area (Å²) in [6.45, 7) is 2.90. The number of nitrogens with one attached hydrogen (secondary N) is 1. The number of hydrogen-bond acceptors (Lipinski definition) is 1. The van der Waals surface area contributed by atoms with Gasteiger partial charge in [-0.2, -0.15) is 0 Å². The first-order chi connectivity index (χ1) is 10.0. The van der Waals surface area contributed by atoms with Crippen molar-refractivity contribution < 1.29 is 4.39 Å². The van der Waals surface area contributed by atoms with E-state index in [4.69, 9.17) is 23.2 Å². The second-order valence-corrected chi connectivity index (χ2v) is 6.42. The van der Waals surface area contributed by atoms with Crippen molar-refractivity contribution in [1.29, 1.82) is 0 Å². The normalized spacial score (nSPS) is 12.4. The van der Waals surface area contributed by atoms with Crippen LogP contribution in [-0.4, -0.2) is 6.54 Å². The Morgan fingerprint density at radius 1 is 1.14 bits per heavy atom. The minimum absolute atomic E-state index is 0.147. The van der Waals surface area contributed by atoms with Crippen LogP contribution in [0.1, 0.15) is 30.5 Å². The van der Waals surface area contributed by atoms with E-state index in [1.165, 1.54) is 12.1 Å². The van der Waals surface area contributed by atoms with E-state index in [1.54, 1.807) is 18.2 Å². The van der Waals surface area contributed by atoms with Crippen molar-refractivity contribution in [1.82, 2.24) is 5.32 Å². The standard InChI is InChI=1S/C16H15BrCl2FN/c1-2-7-21-16(12-5-4-11(20)9-14(12)17)13-8-10(18)3-6-15(13)19/h3-6,8-9,16,21H,2,7H2,1H3. The molecular weight excluding hydrogens is 376 g/mol. The maximum absolute atomic E-state index is 13.3. The average Bonchev–Trinajstić information content (AvgIpc) is 2.44. The molecule has 2 rings (SSSR count). The minimum Gasteiger partial charge on any atom is -0.306 e. The first kappa shape index (κ1) is 16.8. The number of rotatable bonds is 5. The zero-order valence-electron chi connectivity index (χ0n) is 11.5. The van der Waals surface area contributed by atoms with E-state index in [0.29, 0.717) is 14.5 Å². The summed E-state index contributed by atoms with van der Waals surface area (Å²) < 4.78 is 14.0. The molecule has 0 spiro atoms. The van der Waals surface area contributed by atoms with Gasteiger partial charge in [0.25, 0.3) is 0 Å². The molecule has 0 aliphatic heterocycles. The molecule has 112 valence electrons. The molecule has 0 amide bonds. The van der Waals surface area contributed by atoms with Crippen LogP contribution in [0, 0.1) is 5.82 Å². The Labute approximate surface area is 142 Å². The van der Waals surface area contributed by atoms with Crippen LogP contribution in [0.3, 0.4) is 0 Å². The molecule has 0 heterocycles. The lowest BCUT2D eigenvalue weighted by Gasteiger charge is -2.22. The van der Waals surface area contributed by atoms with Gasteiger partial charge >= 0.3 is 0 Å². The predicted molar refractivity (Wildman–Crippen MR) is 90.7 cm³/mol. The van der Waals surface area contributed by atoms with Crippen molar-refractivity contribution in [3.05, 3.63) is 67.9 Å². The van der Waals surface area contributed by atoms with Crippen LogP contribution in [-0.2, 0) is 0 Å². The quantitative estimate of drug-likeness (QED) is 0.661. The van der Waals surface area contributed by atoms with Crippen LogP contribution in [0.15, 0.2) is 40.9 Å². The van der Waals surface area contributed by atoms with Gasteiger partial charge in [0.15, 0.2) is 0 Å². The van der Waals surface area contributed by atoms with E-state index in [1.807, 2.05) is 6.07 Å². The van der Waals surface area contributed by atoms with Gasteiger partial charge in [-0.3, -0.25) is 0 Å². The Bertz CT molecular complexity index is 634. The Kier molecular flexibility index (Phi) is 6.06. The number of benzene rings is 2. The van der Waals surface area contributed by atoms with Crippen LogP contribution in [0.4, 0.5) is 4.39 Å². The molecule has 1 N–H and O–H groups in total. The van der Waals surface area contributed by atoms with Gasteiger partial charge in [0.1, 0.15) is 5.82 Å². The zero-order valence-corrected chi connectivity index (χ0v) is 14.6. The van der Waals surface area contributed by atoms with E-state index in [9.17, 15) is 4.39 Å². The summed E-state index contributed by atoms with van der Waals surface area (Å²) in [5, 5.41) is 4.68. The van der Waals surface area contributed by atoms with Crippen molar-refractivity contribution in [3.63, 3.8) is 0 Å². The summed E-state index contributed by atoms with van der Waals surface area (Å²) in [7, 11) is 0. The largest absolute Gasteiger partial charge is 0.306 e. The fourth-order valence-electron chi connectivity index (χ4n) is 2.15. The third-order valence-electron chi connectivity index (χ3n) is 3.14. The molecule has 0 fully saturated rings. The highest BCUT2D eigenvalue weighted by molar-refractivity contribution is 9.10. The van der Waals surface area contributed by atoms with E-state index in [-0.39, 0.29) is 11.9 Å². The molecule has 1 atom stereocenters. The molecule has 5 heteroatoms. The lowest BCUT2D eigenvalue weighted by Crippen LogP contribution is -2.24. The highest BCUT2D eigenvalue weighted by Crippen LogP contribution is 2.34. The zero-order chi connectivity index (χ0) is 15.4. The van der Waals surface area contributed by atoms with Crippen molar-refractivity contribution in [2.24, 2.45) is 0 Å². The molecule has 1 nitrogen and oxygen atoms in total. The summed E-state index contributed by atoms with van der Waals surface area (Å²) in [5.41, 5.74) is 1.80. The molecule has 0 aliphatic carbocycles. The lowest BCUT2D eigenvalue weighted by molar-refractivity contribution is 0.591. The third kappa shape index (κ3) is 4.19. The molecule has 1 unspecified atom stereocenters. The Hall–Kier alpha value is -0.610. The van der Waals surface area contributed by atoms with Gasteiger partial charge in [-0.25, -0.2) is 4.39 Å². The summed E-state index contributed by atoms with van der Waals surface area (Å²) in [6.07, 6.45) is 0.980. The molecule has 0 bridgehead atoms. The summed E-state index contributed by atoms with van der Waals surface area (Å²) in [5.74, 6) is -0.281. The number of hydrogen-bond donors (Lipinski definition) is 1. The van der Waals surface area contributed by atoms with Crippen LogP contribution in [0.5, 0.6) is 0 Å². The predicted octanol–water partition coefficient (Wildman–Crippen LogP) is 5.98. The van der Waals surface area contributed by atoms with E-state index in [2.05, 4.69) is 28.2 Å². The van der Waals surface area contributed by atoms with Gasteiger partial charge in [-0.05, 0) is 54.4 Å². The molecule has 0 saturated heterocycles. The average molecular weight is 391 g/mol. The first-order valence-electron chi connectivity index (χ1n) is 6.66. The maximum atomic E-state index is 13.3. The molecule has 2 aromatic rings. The van der Waals surface area contributed by atoms with Crippen LogP contribution in [0.2, 0.25) is 10.0 Å². The summed E-state index contributed by atoms with van der Waals surface area (Å²) in [6, 6.07) is 9.87. The number of halogens is 4. The van der Waals surface area contributed by atoms with Gasteiger partial charge in [-0.1, -0.05) is 52.1 Å². The SMILES string of the molecule is CCCNC(c1cc(Cl)ccc1Cl)c1ccc(F)cc1Br. The highest BCUT2D eigenvalue weighted by Gasteiger charge is 2.19. The van der Waals surface area contributed by atoms with Crippen molar-refractivity contribution in [2.75, 3.05) is 6.54 Å². The summed E-state index contributed by atoms with van der Waals surface area (Å²) >= 11 is 15.8. The fraction of sp³-hybridized carbons (Fsp3) is 0.250. The smallest absolute Gasteiger partial charge is 0.124 e. The van der Waals surface area contributed by atoms with Crippen molar-refractivity contribution in [2.45, 2.75) is 19.4 Å². The monoisotopic (exact) mass is 389 g/mol. The molecule has 0 saturated carbocycles. The van der Waals surface area contributed by atoms with E-state index in [0.717, 1.165) is 24.1 Å². The van der Waals surface area contributed by atoms with E-state index >= 15 is 0 Å². The lowest BCUT2D eigenvalue weighted by atomic mass is 9.98. The Morgan fingerprint density at radius 3 is 2.57 bits per heavy atom. The maximum Gasteiger partial charge on any atom is 0.124 e. The van der Waals surface area contributed by atoms with Crippen molar-refractivity contribution >= 4 is 39.1 Å². The molecule has 2 aromatic carbocycles. The molecule has 0 aromatic heterocycles. The van der Waals surface area contributed by atoms with Crippen LogP contribution < -0.4 is 5.32 Å². The summed E-state index contributed by atoms with van der Waals surface area (Å²) in [4.78, 5) is 0. The fourth-order valence-corrected chi connectivity index (χ4v) is 3.13. The second-order valence-electron chi connectivity index (χ2n) is 4.72. The van der Waals surface area contributed by atoms with E-state index < -0.39 is 0 Å². The molecular formula is C16H15BrCl2FN. The Morgan fingerprint density at radius 2 is 1.90 bits per heavy atom.